The van der Waals surface area contributed by atoms with Crippen LogP contribution in [0.2, 0.25) is 0 Å². The first kappa shape index (κ1) is 21.0. The van der Waals surface area contributed by atoms with Gasteiger partial charge in [-0.15, -0.1) is 0 Å². The lowest BCUT2D eigenvalue weighted by Gasteiger charge is -2.26. The zero-order chi connectivity index (χ0) is 21.0. The number of amides is 1. The highest BCUT2D eigenvalue weighted by atomic mass is 16.5. The van der Waals surface area contributed by atoms with Gasteiger partial charge in [0, 0.05) is 18.2 Å². The quantitative estimate of drug-likeness (QED) is 0.706. The third-order valence-electron chi connectivity index (χ3n) is 5.46. The van der Waals surface area contributed by atoms with E-state index < -0.39 is 0 Å². The fourth-order valence-electron chi connectivity index (χ4n) is 3.76. The Morgan fingerprint density at radius 1 is 1.03 bits per heavy atom. The Morgan fingerprint density at radius 2 is 1.72 bits per heavy atom. The Kier molecular flexibility index (Phi) is 6.36. The average molecular weight is 398 g/mol. The first-order chi connectivity index (χ1) is 13.8. The predicted molar refractivity (Wildman–Crippen MR) is 114 cm³/mol. The molecule has 29 heavy (non-hydrogen) atoms. The normalized spacial score (nSPS) is 16.6. The highest BCUT2D eigenvalue weighted by Gasteiger charge is 2.32. The van der Waals surface area contributed by atoms with Gasteiger partial charge in [-0.25, -0.2) is 0 Å². The minimum absolute atomic E-state index is 0.00442. The molecule has 0 radical (unpaired) electrons. The van der Waals surface area contributed by atoms with Gasteiger partial charge < -0.3 is 19.1 Å². The number of carbonyl (C=O) groups excluding carboxylic acids is 1. The van der Waals surface area contributed by atoms with Crippen molar-refractivity contribution in [3.05, 3.63) is 53.6 Å². The number of ether oxygens (including phenoxy) is 3. The monoisotopic (exact) mass is 397 g/mol. The number of hydrogen-bond donors (Lipinski definition) is 0. The number of nitrogens with zero attached hydrogens (tertiary/aromatic N) is 1. The molecular formula is C24H31NO4. The van der Waals surface area contributed by atoms with Crippen molar-refractivity contribution in [2.24, 2.45) is 0 Å². The Bertz CT molecular complexity index is 839. The number of hydrogen-bond acceptors (Lipinski definition) is 4. The van der Waals surface area contributed by atoms with Crippen LogP contribution in [0.4, 0.5) is 0 Å². The van der Waals surface area contributed by atoms with Crippen molar-refractivity contribution in [3.63, 3.8) is 0 Å². The van der Waals surface area contributed by atoms with E-state index in [-0.39, 0.29) is 24.0 Å². The molecule has 5 heteroatoms. The predicted octanol–water partition coefficient (Wildman–Crippen LogP) is 4.74. The van der Waals surface area contributed by atoms with Crippen LogP contribution in [0.1, 0.15) is 50.8 Å². The van der Waals surface area contributed by atoms with E-state index in [4.69, 9.17) is 14.2 Å². The minimum Gasteiger partial charge on any atom is -0.497 e. The van der Waals surface area contributed by atoms with Crippen LogP contribution in [-0.2, 0) is 10.2 Å². The van der Waals surface area contributed by atoms with Crippen LogP contribution < -0.4 is 14.2 Å². The van der Waals surface area contributed by atoms with Gasteiger partial charge in [0.15, 0.2) is 6.61 Å². The van der Waals surface area contributed by atoms with E-state index in [0.29, 0.717) is 5.75 Å². The van der Waals surface area contributed by atoms with Gasteiger partial charge in [0.2, 0.25) is 0 Å². The fourth-order valence-corrected chi connectivity index (χ4v) is 3.76. The highest BCUT2D eigenvalue weighted by molar-refractivity contribution is 5.78. The molecule has 2 aromatic carbocycles. The number of likely N-dealkylation sites (tertiary alicyclic amines) is 1. The first-order valence-electron chi connectivity index (χ1n) is 10.1. The van der Waals surface area contributed by atoms with Crippen molar-refractivity contribution in [1.82, 2.24) is 4.90 Å². The van der Waals surface area contributed by atoms with Gasteiger partial charge in [-0.2, -0.15) is 0 Å². The van der Waals surface area contributed by atoms with E-state index >= 15 is 0 Å². The molecule has 1 amide bonds. The topological polar surface area (TPSA) is 48.0 Å². The summed E-state index contributed by atoms with van der Waals surface area (Å²) in [5.74, 6) is 2.19. The number of methoxy groups -OCH3 is 2. The molecule has 5 nitrogen and oxygen atoms in total. The molecule has 1 atom stereocenters. The van der Waals surface area contributed by atoms with E-state index in [0.717, 1.165) is 36.4 Å². The van der Waals surface area contributed by atoms with E-state index in [1.165, 1.54) is 5.56 Å². The maximum atomic E-state index is 12.9. The van der Waals surface area contributed by atoms with Crippen LogP contribution in [0, 0.1) is 0 Å². The molecule has 0 aliphatic carbocycles. The summed E-state index contributed by atoms with van der Waals surface area (Å²) in [6.07, 6.45) is 1.88. The smallest absolute Gasteiger partial charge is 0.261 e. The molecule has 1 heterocycles. The molecule has 0 saturated carbocycles. The Morgan fingerprint density at radius 3 is 2.34 bits per heavy atom. The van der Waals surface area contributed by atoms with Gasteiger partial charge in [0.05, 0.1) is 20.3 Å². The molecule has 3 rings (SSSR count). The van der Waals surface area contributed by atoms with E-state index in [1.807, 2.05) is 35.2 Å². The van der Waals surface area contributed by atoms with Crippen molar-refractivity contribution in [1.29, 1.82) is 0 Å². The third-order valence-corrected chi connectivity index (χ3v) is 5.46. The highest BCUT2D eigenvalue weighted by Crippen LogP contribution is 2.38. The molecule has 0 aromatic heterocycles. The Hall–Kier alpha value is -2.69. The molecule has 1 aliphatic heterocycles. The van der Waals surface area contributed by atoms with Gasteiger partial charge in [-0.3, -0.25) is 4.79 Å². The average Bonchev–Trinajstić information content (AvgIpc) is 3.20. The zero-order valence-electron chi connectivity index (χ0n) is 18.0. The number of rotatable bonds is 6. The SMILES string of the molecule is COc1ccc([C@H]2CCCN2C(=O)COc2ccc(C(C)(C)C)cc2)c(OC)c1. The van der Waals surface area contributed by atoms with Crippen LogP contribution in [0.25, 0.3) is 0 Å². The van der Waals surface area contributed by atoms with Gasteiger partial charge in [0.1, 0.15) is 17.2 Å². The lowest BCUT2D eigenvalue weighted by atomic mass is 9.87. The summed E-state index contributed by atoms with van der Waals surface area (Å²) in [5, 5.41) is 0. The van der Waals surface area contributed by atoms with Crippen LogP contribution in [-0.4, -0.2) is 38.2 Å². The zero-order valence-corrected chi connectivity index (χ0v) is 18.0. The van der Waals surface area contributed by atoms with Crippen molar-refractivity contribution >= 4 is 5.91 Å². The van der Waals surface area contributed by atoms with E-state index in [9.17, 15) is 4.79 Å². The van der Waals surface area contributed by atoms with Gasteiger partial charge in [-0.1, -0.05) is 32.9 Å². The molecule has 0 unspecified atom stereocenters. The van der Waals surface area contributed by atoms with Crippen LogP contribution in [0.15, 0.2) is 42.5 Å². The Balaban J connectivity index is 1.67. The fraction of sp³-hybridized carbons (Fsp3) is 0.458. The second-order valence-corrected chi connectivity index (χ2v) is 8.42. The van der Waals surface area contributed by atoms with Gasteiger partial charge >= 0.3 is 0 Å². The maximum absolute atomic E-state index is 12.9. The van der Waals surface area contributed by atoms with Gasteiger partial charge in [-0.05, 0) is 48.1 Å². The summed E-state index contributed by atoms with van der Waals surface area (Å²) in [5.41, 5.74) is 2.34. The molecule has 0 bridgehead atoms. The molecule has 156 valence electrons. The largest absolute Gasteiger partial charge is 0.497 e. The summed E-state index contributed by atoms with van der Waals surface area (Å²) < 4.78 is 16.6. The Labute approximate surface area is 173 Å². The molecule has 0 N–H and O–H groups in total. The number of benzene rings is 2. The molecule has 2 aromatic rings. The molecule has 1 saturated heterocycles. The summed E-state index contributed by atoms with van der Waals surface area (Å²) >= 11 is 0. The molecule has 1 fully saturated rings. The lowest BCUT2D eigenvalue weighted by molar-refractivity contribution is -0.134. The molecular weight excluding hydrogens is 366 g/mol. The first-order valence-corrected chi connectivity index (χ1v) is 10.1. The van der Waals surface area contributed by atoms with E-state index in [1.54, 1.807) is 14.2 Å². The minimum atomic E-state index is -0.00901. The van der Waals surface area contributed by atoms with Crippen molar-refractivity contribution in [2.45, 2.75) is 45.1 Å². The van der Waals surface area contributed by atoms with Crippen molar-refractivity contribution in [2.75, 3.05) is 27.4 Å². The summed E-state index contributed by atoms with van der Waals surface area (Å²) in [4.78, 5) is 14.8. The summed E-state index contributed by atoms with van der Waals surface area (Å²) in [6.45, 7) is 7.28. The summed E-state index contributed by atoms with van der Waals surface area (Å²) in [7, 11) is 3.27. The van der Waals surface area contributed by atoms with Crippen LogP contribution in [0.5, 0.6) is 17.2 Å². The second-order valence-electron chi connectivity index (χ2n) is 8.42. The van der Waals surface area contributed by atoms with Crippen molar-refractivity contribution in [3.8, 4) is 17.2 Å². The van der Waals surface area contributed by atoms with Crippen molar-refractivity contribution < 1.29 is 19.0 Å². The third kappa shape index (κ3) is 4.84. The van der Waals surface area contributed by atoms with Gasteiger partial charge in [0.25, 0.3) is 5.91 Å². The second kappa shape index (κ2) is 8.76. The molecule has 1 aliphatic rings. The number of carbonyl (C=O) groups is 1. The maximum Gasteiger partial charge on any atom is 0.261 e. The lowest BCUT2D eigenvalue weighted by Crippen LogP contribution is -2.34. The van der Waals surface area contributed by atoms with E-state index in [2.05, 4.69) is 32.9 Å². The van der Waals surface area contributed by atoms with Crippen LogP contribution in [0.3, 0.4) is 0 Å². The molecule has 0 spiro atoms. The van der Waals surface area contributed by atoms with Crippen LogP contribution >= 0.6 is 0 Å². The summed E-state index contributed by atoms with van der Waals surface area (Å²) in [6, 6.07) is 13.7. The standard InChI is InChI=1S/C24H31NO4/c1-24(2,3)17-8-10-18(11-9-17)29-16-23(26)25-14-6-7-21(25)20-13-12-19(27-4)15-22(20)28-5/h8-13,15,21H,6-7,14,16H2,1-5H3/t21-/m1/s1.